The Kier molecular flexibility index (Phi) is 6.11. The number of ether oxygens (including phenoxy) is 6. The molecule has 0 spiro atoms. The third-order valence-corrected chi connectivity index (χ3v) is 8.51. The van der Waals surface area contributed by atoms with Crippen molar-refractivity contribution < 1.29 is 47.6 Å². The first-order valence-corrected chi connectivity index (χ1v) is 12.7. The van der Waals surface area contributed by atoms with Gasteiger partial charge in [0.25, 0.3) is 0 Å². The molecule has 10 heteroatoms. The fourth-order valence-corrected chi connectivity index (χ4v) is 5.61. The van der Waals surface area contributed by atoms with Gasteiger partial charge in [0.2, 0.25) is 0 Å². The Bertz CT molecular complexity index is 914. The van der Waals surface area contributed by atoms with E-state index in [0.717, 1.165) is 6.42 Å². The van der Waals surface area contributed by atoms with Gasteiger partial charge in [-0.05, 0) is 39.5 Å². The second kappa shape index (κ2) is 8.73. The van der Waals surface area contributed by atoms with Crippen LogP contribution >= 0.6 is 0 Å². The van der Waals surface area contributed by atoms with Crippen LogP contribution in [0.5, 0.6) is 0 Å². The van der Waals surface area contributed by atoms with Crippen LogP contribution in [0.1, 0.15) is 60.3 Å². The van der Waals surface area contributed by atoms with Crippen LogP contribution in [-0.4, -0.2) is 72.7 Å². The van der Waals surface area contributed by atoms with E-state index in [4.69, 9.17) is 28.4 Å². The molecule has 6 fully saturated rings. The molecule has 0 radical (unpaired) electrons. The lowest BCUT2D eigenvalue weighted by molar-refractivity contribution is -0.169. The van der Waals surface area contributed by atoms with Gasteiger partial charge < -0.3 is 28.4 Å². The number of hydrogen-bond donors (Lipinski definition) is 0. The summed E-state index contributed by atoms with van der Waals surface area (Å²) in [6, 6.07) is 0. The van der Waals surface area contributed by atoms with E-state index in [1.165, 1.54) is 0 Å². The van der Waals surface area contributed by atoms with E-state index >= 15 is 0 Å². The quantitative estimate of drug-likeness (QED) is 0.398. The van der Waals surface area contributed by atoms with Crippen LogP contribution in [0.2, 0.25) is 0 Å². The molecule has 0 aliphatic carbocycles. The zero-order chi connectivity index (χ0) is 25.2. The highest BCUT2D eigenvalue weighted by Crippen LogP contribution is 2.48. The Hall–Kier alpha value is -2.20. The number of rotatable bonds is 6. The van der Waals surface area contributed by atoms with Crippen LogP contribution < -0.4 is 0 Å². The van der Waals surface area contributed by atoms with E-state index in [1.807, 2.05) is 34.6 Å². The first-order chi connectivity index (χ1) is 16.6. The molecule has 11 unspecified atom stereocenters. The lowest BCUT2D eigenvalue weighted by Crippen LogP contribution is -2.42. The fourth-order valence-electron chi connectivity index (χ4n) is 5.61. The van der Waals surface area contributed by atoms with E-state index in [0.29, 0.717) is 19.3 Å². The molecule has 0 amide bonds. The second-order valence-corrected chi connectivity index (χ2v) is 11.1. The van der Waals surface area contributed by atoms with Crippen molar-refractivity contribution in [3.8, 4) is 0 Å². The summed E-state index contributed by atoms with van der Waals surface area (Å²) in [4.78, 5) is 46.8. The summed E-state index contributed by atoms with van der Waals surface area (Å²) in [6.07, 6.45) is 0.379. The standard InChI is InChI=1S/C13H18O5.C12H16O5/c1-4-13(2,3)12(15)18-9-7-5-6-8(16-7)10(9)17-11(6)14;1-3-5(2)11(13)16-9-7-4-6-8(15-7)10(9)17-12(6)14/h6-10H,4-5H2,1-3H3;5-10H,3-4H2,1-2H3. The molecular formula is C25H34O10. The molecule has 35 heavy (non-hydrogen) atoms. The van der Waals surface area contributed by atoms with Gasteiger partial charge in [-0.2, -0.15) is 0 Å². The largest absolute Gasteiger partial charge is 0.455 e. The summed E-state index contributed by atoms with van der Waals surface area (Å²) in [7, 11) is 0. The van der Waals surface area contributed by atoms with Crippen molar-refractivity contribution >= 4 is 23.9 Å². The minimum Gasteiger partial charge on any atom is -0.455 e. The molecule has 194 valence electrons. The monoisotopic (exact) mass is 494 g/mol. The summed E-state index contributed by atoms with van der Waals surface area (Å²) in [5, 5.41) is 0. The Balaban J connectivity index is 0.000000145. The summed E-state index contributed by atoms with van der Waals surface area (Å²) >= 11 is 0. The van der Waals surface area contributed by atoms with Crippen LogP contribution in [0.25, 0.3) is 0 Å². The van der Waals surface area contributed by atoms with Gasteiger partial charge in [-0.25, -0.2) is 0 Å². The molecule has 11 atom stereocenters. The van der Waals surface area contributed by atoms with Gasteiger partial charge in [-0.1, -0.05) is 20.8 Å². The van der Waals surface area contributed by atoms with Crippen molar-refractivity contribution in [2.75, 3.05) is 0 Å². The first-order valence-electron chi connectivity index (χ1n) is 12.7. The van der Waals surface area contributed by atoms with Crippen molar-refractivity contribution in [1.82, 2.24) is 0 Å². The molecule has 0 aromatic heterocycles. The smallest absolute Gasteiger partial charge is 0.312 e. The van der Waals surface area contributed by atoms with Gasteiger partial charge in [0.1, 0.15) is 12.2 Å². The molecule has 4 bridgehead atoms. The number of fused-ring (bicyclic) bond motifs is 2. The number of carbonyl (C=O) groups is 4. The van der Waals surface area contributed by atoms with Crippen molar-refractivity contribution in [2.24, 2.45) is 23.2 Å². The number of hydrogen-bond acceptors (Lipinski definition) is 10. The zero-order valence-electron chi connectivity index (χ0n) is 20.8. The maximum Gasteiger partial charge on any atom is 0.312 e. The molecule has 6 aliphatic rings. The first kappa shape index (κ1) is 24.5. The van der Waals surface area contributed by atoms with Gasteiger partial charge in [0.15, 0.2) is 24.4 Å². The van der Waals surface area contributed by atoms with Crippen molar-refractivity contribution in [1.29, 1.82) is 0 Å². The third-order valence-electron chi connectivity index (χ3n) is 8.51. The van der Waals surface area contributed by atoms with Gasteiger partial charge in [0.05, 0.1) is 35.4 Å². The molecule has 6 aliphatic heterocycles. The van der Waals surface area contributed by atoms with Gasteiger partial charge in [-0.3, -0.25) is 19.2 Å². The Labute approximate surface area is 204 Å². The van der Waals surface area contributed by atoms with Crippen LogP contribution in [0, 0.1) is 23.2 Å². The highest BCUT2D eigenvalue weighted by atomic mass is 16.7. The van der Waals surface area contributed by atoms with E-state index in [1.54, 1.807) is 0 Å². The second-order valence-electron chi connectivity index (χ2n) is 11.1. The summed E-state index contributed by atoms with van der Waals surface area (Å²) < 4.78 is 32.8. The summed E-state index contributed by atoms with van der Waals surface area (Å²) in [5.74, 6) is -1.29. The van der Waals surface area contributed by atoms with E-state index in [9.17, 15) is 19.2 Å². The van der Waals surface area contributed by atoms with Crippen molar-refractivity contribution in [3.63, 3.8) is 0 Å². The minimum absolute atomic E-state index is 0.123. The van der Waals surface area contributed by atoms with Gasteiger partial charge >= 0.3 is 23.9 Å². The molecule has 0 N–H and O–H groups in total. The number of esters is 4. The highest BCUT2D eigenvalue weighted by molar-refractivity contribution is 5.79. The average molecular weight is 495 g/mol. The van der Waals surface area contributed by atoms with E-state index < -0.39 is 23.7 Å². The molecule has 6 saturated heterocycles. The summed E-state index contributed by atoms with van der Waals surface area (Å²) in [6.45, 7) is 9.43. The molecule has 0 aromatic rings. The highest BCUT2D eigenvalue weighted by Gasteiger charge is 2.66. The molecular weight excluding hydrogens is 460 g/mol. The van der Waals surface area contributed by atoms with Gasteiger partial charge in [0, 0.05) is 0 Å². The zero-order valence-corrected chi connectivity index (χ0v) is 20.8. The van der Waals surface area contributed by atoms with Gasteiger partial charge in [-0.15, -0.1) is 0 Å². The van der Waals surface area contributed by atoms with E-state index in [-0.39, 0.29) is 72.2 Å². The summed E-state index contributed by atoms with van der Waals surface area (Å²) in [5.41, 5.74) is -0.510. The van der Waals surface area contributed by atoms with Crippen molar-refractivity contribution in [3.05, 3.63) is 0 Å². The SMILES string of the molecule is CCC(C)(C)C(=O)OC1C2CC3C(=O)OC1C3O2.CCC(C)C(=O)OC1C2CC3C(=O)OC1C3O2. The van der Waals surface area contributed by atoms with Crippen LogP contribution in [-0.2, 0) is 47.6 Å². The van der Waals surface area contributed by atoms with Crippen LogP contribution in [0.4, 0.5) is 0 Å². The average Bonchev–Trinajstić information content (AvgIpc) is 3.63. The third kappa shape index (κ3) is 3.93. The number of carbonyl (C=O) groups excluding carboxylic acids is 4. The fraction of sp³-hybridized carbons (Fsp3) is 0.840. The lowest BCUT2D eigenvalue weighted by Gasteiger charge is -2.27. The normalized spacial score (nSPS) is 42.3. The predicted molar refractivity (Wildman–Crippen MR) is 117 cm³/mol. The Morgan fingerprint density at radius 1 is 0.886 bits per heavy atom. The predicted octanol–water partition coefficient (Wildman–Crippen LogP) is 1.70. The molecule has 0 saturated carbocycles. The Morgan fingerprint density at radius 3 is 1.83 bits per heavy atom. The molecule has 0 aromatic carbocycles. The maximum atomic E-state index is 12.1. The van der Waals surface area contributed by atoms with E-state index in [2.05, 4.69) is 0 Å². The topological polar surface area (TPSA) is 124 Å². The lowest BCUT2D eigenvalue weighted by atomic mass is 9.87. The van der Waals surface area contributed by atoms with Crippen LogP contribution in [0.3, 0.4) is 0 Å². The molecule has 6 rings (SSSR count). The van der Waals surface area contributed by atoms with Crippen molar-refractivity contribution in [2.45, 2.75) is 109 Å². The maximum absolute atomic E-state index is 12.1. The minimum atomic E-state index is -0.510. The van der Waals surface area contributed by atoms with Crippen LogP contribution in [0.15, 0.2) is 0 Å². The molecule has 10 nitrogen and oxygen atoms in total. The Morgan fingerprint density at radius 2 is 1.37 bits per heavy atom. The molecule has 6 heterocycles.